The summed E-state index contributed by atoms with van der Waals surface area (Å²) in [7, 11) is -3.39. The van der Waals surface area contributed by atoms with Gasteiger partial charge in [0.25, 0.3) is 0 Å². The summed E-state index contributed by atoms with van der Waals surface area (Å²) in [5.74, 6) is 0. The number of aryl methyl sites for hydroxylation is 1. The van der Waals surface area contributed by atoms with Crippen molar-refractivity contribution in [2.45, 2.75) is 17.7 Å². The molecule has 0 unspecified atom stereocenters. The molecule has 1 N–H and O–H groups in total. The number of sulfonamides is 1. The molecule has 86 valence electrons. The van der Waals surface area contributed by atoms with E-state index in [4.69, 9.17) is 4.42 Å². The summed E-state index contributed by atoms with van der Waals surface area (Å²) in [6.45, 7) is 2.12. The Hall–Kier alpha value is -1.11. The minimum Gasteiger partial charge on any atom is -0.472 e. The molecule has 0 saturated heterocycles. The van der Waals surface area contributed by atoms with Gasteiger partial charge in [-0.2, -0.15) is 0 Å². The average Bonchev–Trinajstić information content (AvgIpc) is 2.85. The first-order valence-corrected chi connectivity index (χ1v) is 6.95. The van der Waals surface area contributed by atoms with Crippen LogP contribution in [0.5, 0.6) is 0 Å². The lowest BCUT2D eigenvalue weighted by Gasteiger charge is -2.02. The first-order chi connectivity index (χ1) is 7.58. The van der Waals surface area contributed by atoms with Gasteiger partial charge in [-0.05, 0) is 25.1 Å². The Morgan fingerprint density at radius 3 is 2.75 bits per heavy atom. The van der Waals surface area contributed by atoms with Gasteiger partial charge in [0.05, 0.1) is 12.5 Å². The minimum atomic E-state index is -3.39. The van der Waals surface area contributed by atoms with E-state index in [0.29, 0.717) is 4.21 Å². The third-order valence-corrected chi connectivity index (χ3v) is 4.92. The number of thiophene rings is 1. The van der Waals surface area contributed by atoms with Gasteiger partial charge in [-0.15, -0.1) is 11.3 Å². The van der Waals surface area contributed by atoms with Crippen LogP contribution in [0.1, 0.15) is 10.4 Å². The van der Waals surface area contributed by atoms with Crippen LogP contribution in [-0.2, 0) is 16.6 Å². The summed E-state index contributed by atoms with van der Waals surface area (Å²) in [5, 5.41) is 0. The zero-order valence-electron chi connectivity index (χ0n) is 8.64. The molecule has 0 aliphatic rings. The van der Waals surface area contributed by atoms with Crippen molar-refractivity contribution in [3.05, 3.63) is 41.2 Å². The Bertz CT molecular complexity index is 555. The molecule has 0 aromatic carbocycles. The van der Waals surface area contributed by atoms with Gasteiger partial charge in [0.15, 0.2) is 0 Å². The van der Waals surface area contributed by atoms with E-state index in [1.165, 1.54) is 23.9 Å². The highest BCUT2D eigenvalue weighted by molar-refractivity contribution is 7.91. The molecule has 0 fully saturated rings. The molecule has 0 saturated carbocycles. The highest BCUT2D eigenvalue weighted by atomic mass is 32.2. The molecular weight excluding hydrogens is 246 g/mol. The molecule has 0 amide bonds. The smallest absolute Gasteiger partial charge is 0.250 e. The number of hydrogen-bond donors (Lipinski definition) is 1. The Labute approximate surface area is 98.0 Å². The van der Waals surface area contributed by atoms with Crippen LogP contribution in [0.4, 0.5) is 0 Å². The molecule has 0 spiro atoms. The molecule has 16 heavy (non-hydrogen) atoms. The summed E-state index contributed by atoms with van der Waals surface area (Å²) in [5.41, 5.74) is 0.803. The molecule has 2 heterocycles. The van der Waals surface area contributed by atoms with Crippen LogP contribution in [-0.4, -0.2) is 8.42 Å². The van der Waals surface area contributed by atoms with Crippen LogP contribution in [0.15, 0.2) is 39.4 Å². The number of rotatable bonds is 4. The summed E-state index contributed by atoms with van der Waals surface area (Å²) in [4.78, 5) is 0.976. The van der Waals surface area contributed by atoms with Crippen LogP contribution in [0.2, 0.25) is 0 Å². The van der Waals surface area contributed by atoms with Crippen LogP contribution in [0.25, 0.3) is 0 Å². The number of nitrogens with one attached hydrogen (secondary N) is 1. The summed E-state index contributed by atoms with van der Waals surface area (Å²) in [6.07, 6.45) is 3.03. The van der Waals surface area contributed by atoms with Crippen LogP contribution in [0, 0.1) is 6.92 Å². The second kappa shape index (κ2) is 4.40. The SMILES string of the molecule is Cc1ccc(S(=O)(=O)NCc2ccoc2)s1. The highest BCUT2D eigenvalue weighted by Gasteiger charge is 2.15. The van der Waals surface area contributed by atoms with Crippen molar-refractivity contribution in [1.82, 2.24) is 4.72 Å². The van der Waals surface area contributed by atoms with Crippen molar-refractivity contribution in [3.63, 3.8) is 0 Å². The fourth-order valence-electron chi connectivity index (χ4n) is 1.20. The molecule has 0 bridgehead atoms. The van der Waals surface area contributed by atoms with Gasteiger partial charge in [0.2, 0.25) is 10.0 Å². The summed E-state index contributed by atoms with van der Waals surface area (Å²) >= 11 is 1.26. The van der Waals surface area contributed by atoms with Crippen LogP contribution in [0.3, 0.4) is 0 Å². The highest BCUT2D eigenvalue weighted by Crippen LogP contribution is 2.20. The van der Waals surface area contributed by atoms with Gasteiger partial charge in [0, 0.05) is 17.0 Å². The monoisotopic (exact) mass is 257 g/mol. The average molecular weight is 257 g/mol. The van der Waals surface area contributed by atoms with E-state index in [2.05, 4.69) is 4.72 Å². The molecule has 2 aromatic rings. The normalized spacial score (nSPS) is 11.8. The Morgan fingerprint density at radius 2 is 2.19 bits per heavy atom. The number of hydrogen-bond acceptors (Lipinski definition) is 4. The van der Waals surface area contributed by atoms with Gasteiger partial charge in [-0.1, -0.05) is 0 Å². The fourth-order valence-corrected chi connectivity index (χ4v) is 3.54. The summed E-state index contributed by atoms with van der Waals surface area (Å²) < 4.78 is 31.3. The van der Waals surface area contributed by atoms with Gasteiger partial charge in [-0.3, -0.25) is 0 Å². The Balaban J connectivity index is 2.09. The second-order valence-electron chi connectivity index (χ2n) is 3.32. The molecule has 0 radical (unpaired) electrons. The molecule has 4 nitrogen and oxygen atoms in total. The molecule has 0 atom stereocenters. The topological polar surface area (TPSA) is 59.3 Å². The fraction of sp³-hybridized carbons (Fsp3) is 0.200. The van der Waals surface area contributed by atoms with Crippen LogP contribution >= 0.6 is 11.3 Å². The number of furan rings is 1. The lowest BCUT2D eigenvalue weighted by Crippen LogP contribution is -2.22. The van der Waals surface area contributed by atoms with Crippen molar-refractivity contribution in [2.24, 2.45) is 0 Å². The lowest BCUT2D eigenvalue weighted by molar-refractivity contribution is 0.561. The van der Waals surface area contributed by atoms with Crippen LogP contribution < -0.4 is 4.72 Å². The predicted octanol–water partition coefficient (Wildman–Crippen LogP) is 2.13. The van der Waals surface area contributed by atoms with E-state index in [-0.39, 0.29) is 6.54 Å². The van der Waals surface area contributed by atoms with E-state index in [9.17, 15) is 8.42 Å². The van der Waals surface area contributed by atoms with Crippen molar-refractivity contribution >= 4 is 21.4 Å². The maximum Gasteiger partial charge on any atom is 0.250 e. The minimum absolute atomic E-state index is 0.246. The molecule has 2 aromatic heterocycles. The van der Waals surface area contributed by atoms with Gasteiger partial charge in [0.1, 0.15) is 4.21 Å². The predicted molar refractivity (Wildman–Crippen MR) is 61.8 cm³/mol. The van der Waals surface area contributed by atoms with E-state index in [1.54, 1.807) is 18.2 Å². The summed E-state index contributed by atoms with van der Waals surface area (Å²) in [6, 6.07) is 5.12. The first kappa shape index (κ1) is 11.4. The quantitative estimate of drug-likeness (QED) is 0.912. The van der Waals surface area contributed by atoms with Crippen molar-refractivity contribution < 1.29 is 12.8 Å². The standard InChI is InChI=1S/C10H11NO3S2/c1-8-2-3-10(15-8)16(12,13)11-6-9-4-5-14-7-9/h2-5,7,11H,6H2,1H3. The maximum atomic E-state index is 11.8. The zero-order chi connectivity index (χ0) is 11.6. The third-order valence-electron chi connectivity index (χ3n) is 2.03. The third kappa shape index (κ3) is 2.52. The van der Waals surface area contributed by atoms with E-state index < -0.39 is 10.0 Å². The van der Waals surface area contributed by atoms with Gasteiger partial charge >= 0.3 is 0 Å². The van der Waals surface area contributed by atoms with Gasteiger partial charge in [-0.25, -0.2) is 13.1 Å². The molecular formula is C10H11NO3S2. The second-order valence-corrected chi connectivity index (χ2v) is 6.60. The largest absolute Gasteiger partial charge is 0.472 e. The molecule has 0 aliphatic heterocycles. The zero-order valence-corrected chi connectivity index (χ0v) is 10.3. The van der Waals surface area contributed by atoms with E-state index >= 15 is 0 Å². The van der Waals surface area contributed by atoms with Crippen molar-refractivity contribution in [2.75, 3.05) is 0 Å². The Morgan fingerprint density at radius 1 is 1.38 bits per heavy atom. The van der Waals surface area contributed by atoms with Gasteiger partial charge < -0.3 is 4.42 Å². The van der Waals surface area contributed by atoms with Crippen molar-refractivity contribution in [1.29, 1.82) is 0 Å². The maximum absolute atomic E-state index is 11.8. The molecule has 0 aliphatic carbocycles. The first-order valence-electron chi connectivity index (χ1n) is 4.65. The molecule has 6 heteroatoms. The van der Waals surface area contributed by atoms with Crippen molar-refractivity contribution in [3.8, 4) is 0 Å². The van der Waals surface area contributed by atoms with E-state index in [0.717, 1.165) is 10.4 Å². The molecule has 2 rings (SSSR count). The van der Waals surface area contributed by atoms with E-state index in [1.807, 2.05) is 6.92 Å². The Kier molecular flexibility index (Phi) is 3.13. The lowest BCUT2D eigenvalue weighted by atomic mass is 10.4.